The van der Waals surface area contributed by atoms with Crippen LogP contribution in [0.2, 0.25) is 5.02 Å². The molecule has 0 unspecified atom stereocenters. The van der Waals surface area contributed by atoms with Crippen molar-refractivity contribution >= 4 is 52.3 Å². The predicted molar refractivity (Wildman–Crippen MR) is 138 cm³/mol. The number of guanidine groups is 1. The molecule has 0 spiro atoms. The zero-order valence-corrected chi connectivity index (χ0v) is 20.4. The molecule has 4 rings (SSSR count). The molecule has 1 aliphatic rings. The third kappa shape index (κ3) is 6.15. The average molecular weight is 499 g/mol. The van der Waals surface area contributed by atoms with Crippen LogP contribution in [0.5, 0.6) is 0 Å². The van der Waals surface area contributed by atoms with E-state index in [1.807, 2.05) is 38.1 Å². The number of nitrogens with one attached hydrogen (secondary N) is 2. The van der Waals surface area contributed by atoms with E-state index in [2.05, 4.69) is 40.4 Å². The van der Waals surface area contributed by atoms with Crippen LogP contribution in [0, 0.1) is 19.7 Å². The van der Waals surface area contributed by atoms with E-state index >= 15 is 0 Å². The van der Waals surface area contributed by atoms with Gasteiger partial charge in [-0.15, -0.1) is 0 Å². The highest BCUT2D eigenvalue weighted by Gasteiger charge is 2.22. The molecule has 2 N–H and O–H groups in total. The molecule has 8 nitrogen and oxygen atoms in total. The number of aromatic nitrogens is 3. The topological polar surface area (TPSA) is 81.6 Å². The van der Waals surface area contributed by atoms with E-state index in [0.29, 0.717) is 30.7 Å². The molecule has 34 heavy (non-hydrogen) atoms. The Balaban J connectivity index is 1.53. The van der Waals surface area contributed by atoms with Gasteiger partial charge in [0.1, 0.15) is 11.6 Å². The highest BCUT2D eigenvalue weighted by atomic mass is 35.5. The van der Waals surface area contributed by atoms with Gasteiger partial charge in [-0.2, -0.15) is 4.99 Å². The fourth-order valence-electron chi connectivity index (χ4n) is 3.57. The molecule has 0 aliphatic carbocycles. The van der Waals surface area contributed by atoms with E-state index in [-0.39, 0.29) is 10.1 Å². The molecular formula is C23H24ClFN8S. The van der Waals surface area contributed by atoms with Gasteiger partial charge in [-0.25, -0.2) is 19.3 Å². The summed E-state index contributed by atoms with van der Waals surface area (Å²) in [5.41, 5.74) is 2.23. The summed E-state index contributed by atoms with van der Waals surface area (Å²) < 4.78 is 13.5. The standard InChI is InChI=1S/C23H24ClFN8S/c1-15-13-16(2)28-21(27-15)30-22(31-23(34)29-17-6-7-19(25)18(24)14-17)33-11-9-32(10-12-33)20-5-3-4-8-26-20/h3-8,13-14H,9-12H2,1-2H3,(H2,27,28,29,30,31,34). The van der Waals surface area contributed by atoms with Crippen LogP contribution < -0.4 is 15.5 Å². The smallest absolute Gasteiger partial charge is 0.229 e. The first-order valence-corrected chi connectivity index (χ1v) is 11.5. The Morgan fingerprint density at radius 2 is 1.76 bits per heavy atom. The van der Waals surface area contributed by atoms with Crippen LogP contribution >= 0.6 is 23.8 Å². The average Bonchev–Trinajstić information content (AvgIpc) is 2.81. The molecule has 0 bridgehead atoms. The second-order valence-corrected chi connectivity index (χ2v) is 8.55. The first-order valence-electron chi connectivity index (χ1n) is 10.7. The van der Waals surface area contributed by atoms with Gasteiger partial charge in [-0.3, -0.25) is 5.32 Å². The van der Waals surface area contributed by atoms with Crippen molar-refractivity contribution in [1.82, 2.24) is 19.9 Å². The molecule has 1 fully saturated rings. The van der Waals surface area contributed by atoms with Crippen molar-refractivity contribution in [3.63, 3.8) is 0 Å². The van der Waals surface area contributed by atoms with Crippen molar-refractivity contribution < 1.29 is 4.39 Å². The third-order valence-electron chi connectivity index (χ3n) is 5.14. The summed E-state index contributed by atoms with van der Waals surface area (Å²) in [6.07, 6.45) is 1.79. The minimum Gasteiger partial charge on any atom is -0.353 e. The molecule has 1 saturated heterocycles. The van der Waals surface area contributed by atoms with Crippen LogP contribution in [0.3, 0.4) is 0 Å². The van der Waals surface area contributed by atoms with E-state index in [1.54, 1.807) is 12.3 Å². The Kier molecular flexibility index (Phi) is 7.49. The number of thiocarbonyl (C=S) groups is 1. The molecule has 2 aromatic heterocycles. The van der Waals surface area contributed by atoms with E-state index in [0.717, 1.165) is 30.3 Å². The van der Waals surface area contributed by atoms with Gasteiger partial charge in [0.05, 0.1) is 5.02 Å². The summed E-state index contributed by atoms with van der Waals surface area (Å²) in [7, 11) is 0. The number of rotatable bonds is 3. The predicted octanol–water partition coefficient (Wildman–Crippen LogP) is 4.27. The molecule has 1 aromatic carbocycles. The Morgan fingerprint density at radius 1 is 1.03 bits per heavy atom. The van der Waals surface area contributed by atoms with Crippen LogP contribution in [0.25, 0.3) is 0 Å². The summed E-state index contributed by atoms with van der Waals surface area (Å²) in [6, 6.07) is 12.1. The molecule has 3 aromatic rings. The minimum atomic E-state index is -0.498. The Bertz CT molecular complexity index is 1180. The molecule has 3 heterocycles. The summed E-state index contributed by atoms with van der Waals surface area (Å²) >= 11 is 11.3. The van der Waals surface area contributed by atoms with E-state index in [4.69, 9.17) is 23.8 Å². The van der Waals surface area contributed by atoms with Crippen LogP contribution in [-0.2, 0) is 0 Å². The van der Waals surface area contributed by atoms with Gasteiger partial charge >= 0.3 is 0 Å². The van der Waals surface area contributed by atoms with E-state index in [1.165, 1.54) is 12.1 Å². The first kappa shape index (κ1) is 23.8. The Hall–Kier alpha value is -3.37. The van der Waals surface area contributed by atoms with Gasteiger partial charge in [0.15, 0.2) is 0 Å². The molecule has 176 valence electrons. The van der Waals surface area contributed by atoms with Crippen LogP contribution in [0.1, 0.15) is 11.4 Å². The lowest BCUT2D eigenvalue weighted by atomic mass is 10.3. The highest BCUT2D eigenvalue weighted by molar-refractivity contribution is 7.80. The van der Waals surface area contributed by atoms with Gasteiger partial charge in [-0.1, -0.05) is 17.7 Å². The van der Waals surface area contributed by atoms with E-state index in [9.17, 15) is 4.39 Å². The Morgan fingerprint density at radius 3 is 2.41 bits per heavy atom. The zero-order chi connectivity index (χ0) is 24.1. The lowest BCUT2D eigenvalue weighted by molar-refractivity contribution is 0.384. The fourth-order valence-corrected chi connectivity index (χ4v) is 3.95. The fraction of sp³-hybridized carbons (Fsp3) is 0.261. The second kappa shape index (κ2) is 10.7. The van der Waals surface area contributed by atoms with Crippen LogP contribution in [0.15, 0.2) is 53.7 Å². The molecule has 11 heteroatoms. The van der Waals surface area contributed by atoms with Crippen molar-refractivity contribution in [1.29, 1.82) is 0 Å². The van der Waals surface area contributed by atoms with Gasteiger partial charge in [0.25, 0.3) is 0 Å². The van der Waals surface area contributed by atoms with Gasteiger partial charge in [0, 0.05) is 49.5 Å². The van der Waals surface area contributed by atoms with Gasteiger partial charge in [0.2, 0.25) is 17.0 Å². The maximum atomic E-state index is 13.5. The zero-order valence-electron chi connectivity index (χ0n) is 18.8. The highest BCUT2D eigenvalue weighted by Crippen LogP contribution is 2.20. The minimum absolute atomic E-state index is 0.00408. The lowest BCUT2D eigenvalue weighted by Gasteiger charge is -2.36. The monoisotopic (exact) mass is 498 g/mol. The number of anilines is 3. The van der Waals surface area contributed by atoms with Crippen molar-refractivity contribution in [3.05, 3.63) is 70.9 Å². The second-order valence-electron chi connectivity index (χ2n) is 7.76. The molecule has 0 saturated carbocycles. The number of piperazine rings is 1. The SMILES string of the molecule is Cc1cc(C)nc(N/C(=N/C(=S)Nc2ccc(F)c(Cl)c2)N2CCN(c3ccccn3)CC2)n1. The van der Waals surface area contributed by atoms with Gasteiger partial charge in [-0.05, 0) is 62.5 Å². The van der Waals surface area contributed by atoms with Crippen LogP contribution in [-0.4, -0.2) is 57.1 Å². The first-order chi connectivity index (χ1) is 16.4. The number of nitrogens with zero attached hydrogens (tertiary/aromatic N) is 6. The molecule has 1 aliphatic heterocycles. The summed E-state index contributed by atoms with van der Waals surface area (Å²) in [4.78, 5) is 22.3. The molecular weight excluding hydrogens is 475 g/mol. The molecule has 0 amide bonds. The normalized spacial score (nSPS) is 14.2. The van der Waals surface area contributed by atoms with Crippen molar-refractivity contribution in [2.24, 2.45) is 4.99 Å². The van der Waals surface area contributed by atoms with Gasteiger partial charge < -0.3 is 15.1 Å². The van der Waals surface area contributed by atoms with Crippen molar-refractivity contribution in [3.8, 4) is 0 Å². The quantitative estimate of drug-likeness (QED) is 0.315. The summed E-state index contributed by atoms with van der Waals surface area (Å²) in [5, 5.41) is 6.42. The number of pyridine rings is 1. The van der Waals surface area contributed by atoms with Crippen LogP contribution in [0.4, 0.5) is 21.8 Å². The number of aliphatic imine (C=N–C) groups is 1. The number of hydrogen-bond donors (Lipinski definition) is 2. The number of benzene rings is 1. The lowest BCUT2D eigenvalue weighted by Crippen LogP contribution is -2.51. The molecule has 0 atom stereocenters. The third-order valence-corrected chi connectivity index (χ3v) is 5.62. The summed E-state index contributed by atoms with van der Waals surface area (Å²) in [5.74, 6) is 1.41. The maximum Gasteiger partial charge on any atom is 0.229 e. The summed E-state index contributed by atoms with van der Waals surface area (Å²) in [6.45, 7) is 6.73. The number of hydrogen-bond acceptors (Lipinski definition) is 5. The van der Waals surface area contributed by atoms with E-state index < -0.39 is 5.82 Å². The van der Waals surface area contributed by atoms with Crippen molar-refractivity contribution in [2.45, 2.75) is 13.8 Å². The maximum absolute atomic E-state index is 13.5. The van der Waals surface area contributed by atoms with Crippen molar-refractivity contribution in [2.75, 3.05) is 41.7 Å². The largest absolute Gasteiger partial charge is 0.353 e. The molecule has 0 radical (unpaired) electrons. The number of aryl methyl sites for hydroxylation is 2. The Labute approximate surface area is 207 Å². The number of halogens is 2.